The Morgan fingerprint density at radius 1 is 1.50 bits per heavy atom. The molecule has 0 spiro atoms. The van der Waals surface area contributed by atoms with Gasteiger partial charge < -0.3 is 0 Å². The summed E-state index contributed by atoms with van der Waals surface area (Å²) in [5, 5.41) is 5.00. The molecule has 1 N–H and O–H groups in total. The second-order valence-corrected chi connectivity index (χ2v) is 6.54. The molecule has 0 aliphatic heterocycles. The van der Waals surface area contributed by atoms with Crippen LogP contribution in [0.25, 0.3) is 10.2 Å². The summed E-state index contributed by atoms with van der Waals surface area (Å²) in [6, 6.07) is 3.63. The third-order valence-electron chi connectivity index (χ3n) is 2.42. The number of amides is 1. The molecule has 0 bridgehead atoms. The smallest absolute Gasteiger partial charge is 0.269 e. The summed E-state index contributed by atoms with van der Waals surface area (Å²) < 4.78 is 4.08. The zero-order chi connectivity index (χ0) is 14.1. The largest absolute Gasteiger partial charge is 0.296 e. The Morgan fingerprint density at radius 2 is 2.35 bits per heavy atom. The predicted molar refractivity (Wildman–Crippen MR) is 84.3 cm³/mol. The predicted octanol–water partition coefficient (Wildman–Crippen LogP) is 3.78. The minimum Gasteiger partial charge on any atom is -0.296 e. The quantitative estimate of drug-likeness (QED) is 0.734. The van der Waals surface area contributed by atoms with Crippen molar-refractivity contribution in [2.24, 2.45) is 0 Å². The van der Waals surface area contributed by atoms with E-state index in [0.29, 0.717) is 20.2 Å². The Kier molecular flexibility index (Phi) is 3.88. The summed E-state index contributed by atoms with van der Waals surface area (Å²) >= 11 is 10.0. The molecule has 0 fully saturated rings. The lowest BCUT2D eigenvalue weighted by molar-refractivity contribution is 0.103. The van der Waals surface area contributed by atoms with E-state index in [1.807, 2.05) is 12.3 Å². The minimum atomic E-state index is -0.290. The van der Waals surface area contributed by atoms with Crippen molar-refractivity contribution in [1.82, 2.24) is 14.3 Å². The first-order chi connectivity index (χ1) is 9.69. The molecule has 0 radical (unpaired) electrons. The molecular weight excluding hydrogens is 336 g/mol. The average Bonchev–Trinajstić information content (AvgIpc) is 3.04. The van der Waals surface area contributed by atoms with E-state index in [1.54, 1.807) is 12.3 Å². The molecule has 0 saturated carbocycles. The van der Waals surface area contributed by atoms with E-state index in [2.05, 4.69) is 19.7 Å². The van der Waals surface area contributed by atoms with E-state index in [4.69, 9.17) is 11.6 Å². The number of hydrogen-bond donors (Lipinski definition) is 1. The van der Waals surface area contributed by atoms with Crippen molar-refractivity contribution in [1.29, 1.82) is 0 Å². The van der Waals surface area contributed by atoms with Crippen molar-refractivity contribution >= 4 is 67.5 Å². The van der Waals surface area contributed by atoms with Gasteiger partial charge in [-0.1, -0.05) is 23.4 Å². The number of nitrogens with one attached hydrogen (secondary N) is 1. The number of aromatic nitrogens is 3. The van der Waals surface area contributed by atoms with Crippen LogP contribution in [0.2, 0.25) is 5.02 Å². The van der Waals surface area contributed by atoms with Gasteiger partial charge in [0.25, 0.3) is 5.91 Å². The van der Waals surface area contributed by atoms with Gasteiger partial charge >= 0.3 is 0 Å². The number of carbonyl (C=O) groups excluding carboxylic acids is 1. The van der Waals surface area contributed by atoms with Crippen LogP contribution >= 0.6 is 46.2 Å². The van der Waals surface area contributed by atoms with Crippen LogP contribution in [-0.4, -0.2) is 26.5 Å². The molecule has 3 rings (SSSR count). The summed E-state index contributed by atoms with van der Waals surface area (Å²) in [4.78, 5) is 21.8. The van der Waals surface area contributed by atoms with Gasteiger partial charge in [-0.2, -0.15) is 9.36 Å². The van der Waals surface area contributed by atoms with Crippen LogP contribution in [0.4, 0.5) is 5.13 Å². The number of anilines is 1. The molecule has 0 unspecified atom stereocenters. The van der Waals surface area contributed by atoms with Crippen LogP contribution in [0, 0.1) is 0 Å². The third kappa shape index (κ3) is 2.51. The van der Waals surface area contributed by atoms with Gasteiger partial charge in [0.05, 0.1) is 5.02 Å². The van der Waals surface area contributed by atoms with Crippen molar-refractivity contribution in [3.63, 3.8) is 0 Å². The number of halogens is 1. The maximum absolute atomic E-state index is 12.2. The number of nitrogens with zero attached hydrogens (tertiary/aromatic N) is 3. The lowest BCUT2D eigenvalue weighted by Gasteiger charge is -1.98. The highest BCUT2D eigenvalue weighted by Gasteiger charge is 2.18. The van der Waals surface area contributed by atoms with Crippen molar-refractivity contribution in [2.45, 2.75) is 5.16 Å². The van der Waals surface area contributed by atoms with Crippen LogP contribution in [0.1, 0.15) is 9.67 Å². The Hall–Kier alpha value is -1.22. The molecule has 1 amide bonds. The van der Waals surface area contributed by atoms with Gasteiger partial charge in [0, 0.05) is 23.1 Å². The molecule has 0 saturated heterocycles. The zero-order valence-electron chi connectivity index (χ0n) is 10.1. The minimum absolute atomic E-state index is 0.290. The topological polar surface area (TPSA) is 67.8 Å². The molecular formula is C11H7ClN4OS3. The van der Waals surface area contributed by atoms with Crippen LogP contribution < -0.4 is 5.32 Å². The van der Waals surface area contributed by atoms with Crippen molar-refractivity contribution in [3.8, 4) is 0 Å². The van der Waals surface area contributed by atoms with Crippen molar-refractivity contribution in [3.05, 3.63) is 28.2 Å². The lowest BCUT2D eigenvalue weighted by atomic mass is 10.3. The van der Waals surface area contributed by atoms with Crippen LogP contribution in [-0.2, 0) is 0 Å². The Labute approximate surface area is 131 Å². The number of thiophene rings is 1. The molecule has 102 valence electrons. The number of hydrogen-bond acceptors (Lipinski definition) is 7. The van der Waals surface area contributed by atoms with E-state index < -0.39 is 0 Å². The summed E-state index contributed by atoms with van der Waals surface area (Å²) in [5.41, 5.74) is 0. The highest BCUT2D eigenvalue weighted by molar-refractivity contribution is 7.98. The summed E-state index contributed by atoms with van der Waals surface area (Å²) in [6.07, 6.45) is 3.55. The van der Waals surface area contributed by atoms with Gasteiger partial charge in [-0.3, -0.25) is 10.1 Å². The second kappa shape index (κ2) is 5.65. The number of pyridine rings is 1. The normalized spacial score (nSPS) is 10.9. The van der Waals surface area contributed by atoms with Gasteiger partial charge in [0.2, 0.25) is 10.3 Å². The summed E-state index contributed by atoms with van der Waals surface area (Å²) in [5.74, 6) is -0.290. The highest BCUT2D eigenvalue weighted by atomic mass is 35.5. The van der Waals surface area contributed by atoms with Gasteiger partial charge in [0.15, 0.2) is 0 Å². The fraction of sp³-hybridized carbons (Fsp3) is 0.0909. The van der Waals surface area contributed by atoms with E-state index in [9.17, 15) is 4.79 Å². The monoisotopic (exact) mass is 342 g/mol. The van der Waals surface area contributed by atoms with Crippen LogP contribution in [0.15, 0.2) is 23.5 Å². The molecule has 20 heavy (non-hydrogen) atoms. The molecule has 9 heteroatoms. The Morgan fingerprint density at radius 3 is 3.05 bits per heavy atom. The maximum atomic E-state index is 12.2. The molecule has 5 nitrogen and oxygen atoms in total. The SMILES string of the molecule is CSc1nsc(NC(=O)c2sc3ncccc3c2Cl)n1. The first kappa shape index (κ1) is 13.7. The van der Waals surface area contributed by atoms with E-state index >= 15 is 0 Å². The molecule has 0 aliphatic rings. The van der Waals surface area contributed by atoms with Crippen LogP contribution in [0.3, 0.4) is 0 Å². The highest BCUT2D eigenvalue weighted by Crippen LogP contribution is 2.34. The number of rotatable bonds is 3. The van der Waals surface area contributed by atoms with E-state index in [-0.39, 0.29) is 5.91 Å². The molecule has 3 aromatic heterocycles. The first-order valence-electron chi connectivity index (χ1n) is 5.41. The molecule has 0 atom stereocenters. The third-order valence-corrected chi connectivity index (χ3v) is 5.33. The number of fused-ring (bicyclic) bond motifs is 1. The van der Waals surface area contributed by atoms with Gasteiger partial charge in [-0.25, -0.2) is 4.98 Å². The molecule has 3 heterocycles. The second-order valence-electron chi connectivity index (χ2n) is 3.64. The average molecular weight is 343 g/mol. The fourth-order valence-electron chi connectivity index (χ4n) is 1.55. The maximum Gasteiger partial charge on any atom is 0.269 e. The van der Waals surface area contributed by atoms with Crippen LogP contribution in [0.5, 0.6) is 0 Å². The molecule has 0 aromatic carbocycles. The van der Waals surface area contributed by atoms with Crippen molar-refractivity contribution < 1.29 is 4.79 Å². The zero-order valence-corrected chi connectivity index (χ0v) is 13.3. The first-order valence-corrected chi connectivity index (χ1v) is 8.60. The Bertz CT molecular complexity index is 785. The molecule has 3 aromatic rings. The number of carbonyl (C=O) groups is 1. The van der Waals surface area contributed by atoms with Gasteiger partial charge in [-0.15, -0.1) is 11.3 Å². The fourth-order valence-corrected chi connectivity index (χ4v) is 4.01. The lowest BCUT2D eigenvalue weighted by Crippen LogP contribution is -2.10. The summed E-state index contributed by atoms with van der Waals surface area (Å²) in [7, 11) is 0. The van der Waals surface area contributed by atoms with Crippen molar-refractivity contribution in [2.75, 3.05) is 11.6 Å². The number of thioether (sulfide) groups is 1. The van der Waals surface area contributed by atoms with E-state index in [0.717, 1.165) is 21.7 Å². The molecule has 0 aliphatic carbocycles. The standard InChI is InChI=1S/C11H7ClN4OS3/c1-18-11-15-10(20-16-11)14-8(17)7-6(12)5-3-2-4-13-9(5)19-7/h2-4H,1H3,(H,14,15,16,17). The van der Waals surface area contributed by atoms with Gasteiger partial charge in [-0.05, 0) is 18.4 Å². The van der Waals surface area contributed by atoms with Gasteiger partial charge in [0.1, 0.15) is 9.71 Å². The Balaban J connectivity index is 1.90. The summed E-state index contributed by atoms with van der Waals surface area (Å²) in [6.45, 7) is 0. The van der Waals surface area contributed by atoms with E-state index in [1.165, 1.54) is 23.1 Å².